The molecule has 15 heteroatoms. The molecule has 1 saturated heterocycles. The summed E-state index contributed by atoms with van der Waals surface area (Å²) in [5, 5.41) is 7.64. The summed E-state index contributed by atoms with van der Waals surface area (Å²) >= 11 is 6.02. The van der Waals surface area contributed by atoms with Gasteiger partial charge in [-0.2, -0.15) is 18.3 Å². The van der Waals surface area contributed by atoms with Crippen LogP contribution in [-0.4, -0.2) is 77.8 Å². The number of anilines is 2. The van der Waals surface area contributed by atoms with Crippen molar-refractivity contribution in [2.75, 3.05) is 38.8 Å². The third-order valence-electron chi connectivity index (χ3n) is 6.48. The number of halogens is 4. The number of aromatic nitrogens is 3. The van der Waals surface area contributed by atoms with Gasteiger partial charge in [-0.05, 0) is 24.6 Å². The number of imidazole rings is 1. The lowest BCUT2D eigenvalue weighted by molar-refractivity contribution is -0.191. The van der Waals surface area contributed by atoms with E-state index < -0.39 is 40.2 Å². The van der Waals surface area contributed by atoms with Crippen molar-refractivity contribution in [3.63, 3.8) is 0 Å². The van der Waals surface area contributed by atoms with Gasteiger partial charge < -0.3 is 15.0 Å². The Bertz CT molecular complexity index is 1440. The average Bonchev–Trinajstić information content (AvgIpc) is 3.16. The molecule has 0 aliphatic carbocycles. The van der Waals surface area contributed by atoms with Crippen LogP contribution in [0.1, 0.15) is 30.2 Å². The van der Waals surface area contributed by atoms with E-state index in [1.807, 2.05) is 6.92 Å². The van der Waals surface area contributed by atoms with E-state index in [2.05, 4.69) is 15.4 Å². The van der Waals surface area contributed by atoms with Gasteiger partial charge in [-0.3, -0.25) is 4.79 Å². The number of hydrogen-bond donors (Lipinski definition) is 1. The molecule has 1 aromatic carbocycles. The van der Waals surface area contributed by atoms with Crippen LogP contribution in [0.4, 0.5) is 24.5 Å². The number of carbonyl (C=O) groups excluding carboxylic acids is 1. The first-order valence-electron chi connectivity index (χ1n) is 11.4. The van der Waals surface area contributed by atoms with Crippen LogP contribution in [0.2, 0.25) is 5.15 Å². The molecule has 0 saturated carbocycles. The minimum atomic E-state index is -4.75. The number of methoxy groups -OCH3 is 1. The van der Waals surface area contributed by atoms with Crippen molar-refractivity contribution in [3.05, 3.63) is 52.9 Å². The fourth-order valence-electron chi connectivity index (χ4n) is 4.36. The minimum Gasteiger partial charge on any atom is -0.377 e. The maximum atomic E-state index is 14.1. The van der Waals surface area contributed by atoms with Gasteiger partial charge in [0.1, 0.15) is 5.15 Å². The van der Waals surface area contributed by atoms with E-state index in [1.54, 1.807) is 6.20 Å². The molecule has 0 unspecified atom stereocenters. The van der Waals surface area contributed by atoms with Crippen LogP contribution < -0.4 is 5.32 Å². The largest absolute Gasteiger partial charge is 0.413 e. The Labute approximate surface area is 222 Å². The molecule has 1 N–H and O–H groups in total. The molecule has 206 valence electrons. The van der Waals surface area contributed by atoms with Crippen LogP contribution in [0.15, 0.2) is 36.7 Å². The molecule has 3 heterocycles. The Morgan fingerprint density at radius 3 is 2.45 bits per heavy atom. The quantitative estimate of drug-likeness (QED) is 0.436. The second-order valence-electron chi connectivity index (χ2n) is 9.10. The highest BCUT2D eigenvalue weighted by Crippen LogP contribution is 2.39. The molecule has 4 rings (SSSR count). The van der Waals surface area contributed by atoms with Crippen molar-refractivity contribution in [1.29, 1.82) is 0 Å². The van der Waals surface area contributed by atoms with E-state index >= 15 is 0 Å². The first-order valence-corrected chi connectivity index (χ1v) is 13.7. The standard InChI is InChI=1S/C23H26ClF3N6O4S/c1-13(37-3)19-17(9-28-33-12-18(24)30-21(19)33)29-16-7-5-14(6-8-16)20(23(25,26)27)31(2)22(34)15-10-32(11-15)38(4,35)36/h5-9,12-13,15,20,29H,10-11H2,1-4H3/t13-,20-/m0/s1. The number of benzene rings is 1. The first kappa shape index (κ1) is 28.1. The van der Waals surface area contributed by atoms with Crippen molar-refractivity contribution < 1.29 is 31.1 Å². The van der Waals surface area contributed by atoms with Crippen LogP contribution >= 0.6 is 11.6 Å². The maximum Gasteiger partial charge on any atom is 0.413 e. The second kappa shape index (κ2) is 10.3. The van der Waals surface area contributed by atoms with Crippen molar-refractivity contribution in [1.82, 2.24) is 23.8 Å². The molecular formula is C23H26ClF3N6O4S. The normalized spacial score (nSPS) is 16.7. The lowest BCUT2D eigenvalue weighted by Crippen LogP contribution is -2.56. The zero-order chi connectivity index (χ0) is 28.0. The number of rotatable bonds is 8. The zero-order valence-corrected chi connectivity index (χ0v) is 22.5. The number of nitrogens with one attached hydrogen (secondary N) is 1. The zero-order valence-electron chi connectivity index (χ0n) is 20.9. The van der Waals surface area contributed by atoms with Crippen molar-refractivity contribution in [2.45, 2.75) is 25.2 Å². The Balaban J connectivity index is 1.57. The van der Waals surface area contributed by atoms with Crippen molar-refractivity contribution >= 4 is 44.6 Å². The minimum absolute atomic E-state index is 0.141. The smallest absolute Gasteiger partial charge is 0.377 e. The van der Waals surface area contributed by atoms with Crippen molar-refractivity contribution in [2.24, 2.45) is 5.92 Å². The van der Waals surface area contributed by atoms with Gasteiger partial charge in [0.25, 0.3) is 0 Å². The van der Waals surface area contributed by atoms with E-state index in [-0.39, 0.29) is 23.8 Å². The number of nitrogens with zero attached hydrogens (tertiary/aromatic N) is 5. The van der Waals surface area contributed by atoms with Crippen LogP contribution in [0.25, 0.3) is 5.65 Å². The van der Waals surface area contributed by atoms with Gasteiger partial charge in [-0.15, -0.1) is 0 Å². The number of alkyl halides is 3. The van der Waals surface area contributed by atoms with Crippen LogP contribution in [-0.2, 0) is 19.6 Å². The van der Waals surface area contributed by atoms with Gasteiger partial charge >= 0.3 is 6.18 Å². The summed E-state index contributed by atoms with van der Waals surface area (Å²) in [6, 6.07) is 3.29. The van der Waals surface area contributed by atoms with E-state index in [9.17, 15) is 26.4 Å². The van der Waals surface area contributed by atoms with Gasteiger partial charge in [0, 0.05) is 32.9 Å². The predicted molar refractivity (Wildman–Crippen MR) is 135 cm³/mol. The highest BCUT2D eigenvalue weighted by atomic mass is 35.5. The number of fused-ring (bicyclic) bond motifs is 1. The monoisotopic (exact) mass is 574 g/mol. The maximum absolute atomic E-state index is 14.1. The number of carbonyl (C=O) groups is 1. The van der Waals surface area contributed by atoms with Gasteiger partial charge in [-0.25, -0.2) is 22.2 Å². The SMILES string of the molecule is CO[C@@H](C)c1c(Nc2ccc([C@H](N(C)C(=O)C3CN(S(C)(=O)=O)C3)C(F)(F)F)cc2)cnn2cc(Cl)nc12. The second-order valence-corrected chi connectivity index (χ2v) is 11.5. The lowest BCUT2D eigenvalue weighted by Gasteiger charge is -2.40. The molecule has 3 aromatic rings. The molecule has 2 atom stereocenters. The van der Waals surface area contributed by atoms with Crippen LogP contribution in [0, 0.1) is 5.92 Å². The summed E-state index contributed by atoms with van der Waals surface area (Å²) in [6.45, 7) is 1.53. The summed E-state index contributed by atoms with van der Waals surface area (Å²) in [5.74, 6) is -1.61. The van der Waals surface area contributed by atoms with Gasteiger partial charge in [0.05, 0.1) is 41.9 Å². The van der Waals surface area contributed by atoms with E-state index in [0.29, 0.717) is 27.5 Å². The third-order valence-corrected chi connectivity index (χ3v) is 7.90. The fraction of sp³-hybridized carbons (Fsp3) is 0.435. The highest BCUT2D eigenvalue weighted by Gasteiger charge is 2.48. The molecular weight excluding hydrogens is 549 g/mol. The summed E-state index contributed by atoms with van der Waals surface area (Å²) < 4.78 is 73.4. The number of amides is 1. The predicted octanol–water partition coefficient (Wildman–Crippen LogP) is 3.79. The van der Waals surface area contributed by atoms with Crippen molar-refractivity contribution in [3.8, 4) is 0 Å². The Morgan fingerprint density at radius 2 is 1.89 bits per heavy atom. The lowest BCUT2D eigenvalue weighted by atomic mass is 9.98. The van der Waals surface area contributed by atoms with Gasteiger partial charge in [0.15, 0.2) is 11.7 Å². The molecule has 1 fully saturated rings. The Morgan fingerprint density at radius 1 is 1.26 bits per heavy atom. The summed E-state index contributed by atoms with van der Waals surface area (Å²) in [4.78, 5) is 17.7. The molecule has 0 radical (unpaired) electrons. The Kier molecular flexibility index (Phi) is 7.63. The highest BCUT2D eigenvalue weighted by molar-refractivity contribution is 7.88. The molecule has 1 aliphatic heterocycles. The average molecular weight is 575 g/mol. The molecule has 2 aromatic heterocycles. The van der Waals surface area contributed by atoms with E-state index in [4.69, 9.17) is 16.3 Å². The van der Waals surface area contributed by atoms with Crippen LogP contribution in [0.3, 0.4) is 0 Å². The summed E-state index contributed by atoms with van der Waals surface area (Å²) in [7, 11) is -0.898. The summed E-state index contributed by atoms with van der Waals surface area (Å²) in [6.07, 6.45) is -1.09. The van der Waals surface area contributed by atoms with Gasteiger partial charge in [-0.1, -0.05) is 23.7 Å². The topological polar surface area (TPSA) is 109 Å². The van der Waals surface area contributed by atoms with E-state index in [0.717, 1.165) is 17.6 Å². The number of hydrogen-bond acceptors (Lipinski definition) is 7. The fourth-order valence-corrected chi connectivity index (χ4v) is 5.43. The first-order chi connectivity index (χ1) is 17.7. The molecule has 38 heavy (non-hydrogen) atoms. The molecule has 0 bridgehead atoms. The summed E-state index contributed by atoms with van der Waals surface area (Å²) in [5.41, 5.74) is 1.98. The van der Waals surface area contributed by atoms with E-state index in [1.165, 1.54) is 42.1 Å². The molecule has 1 amide bonds. The Hall–Kier alpha value is -2.94. The number of ether oxygens (including phenoxy) is 1. The van der Waals surface area contributed by atoms with Crippen LogP contribution in [0.5, 0.6) is 0 Å². The van der Waals surface area contributed by atoms with Gasteiger partial charge in [0.2, 0.25) is 15.9 Å². The molecule has 10 nitrogen and oxygen atoms in total. The number of sulfonamides is 1. The molecule has 0 spiro atoms. The third kappa shape index (κ3) is 5.58. The molecule has 1 aliphatic rings.